The summed E-state index contributed by atoms with van der Waals surface area (Å²) in [7, 11) is -1.17. The number of unbranched alkanes of at least 4 members (excludes halogenated alkanes) is 39. The van der Waals surface area contributed by atoms with Crippen LogP contribution in [0.3, 0.4) is 0 Å². The third-order valence-electron chi connectivity index (χ3n) is 13.0. The first kappa shape index (κ1) is 53.4. The molecule has 0 aromatic carbocycles. The molecular weight excluding hydrogens is 656 g/mol. The molecule has 0 N–H and O–H groups in total. The van der Waals surface area contributed by atoms with Gasteiger partial charge in [0, 0.05) is 0 Å². The summed E-state index contributed by atoms with van der Waals surface area (Å²) in [6.45, 7) is 12.1. The second-order valence-corrected chi connectivity index (χ2v) is 24.0. The summed E-state index contributed by atoms with van der Waals surface area (Å²) in [5, 5.41) is 0. The van der Waals surface area contributed by atoms with E-state index < -0.39 is 7.26 Å². The molecule has 0 aromatic rings. The summed E-state index contributed by atoms with van der Waals surface area (Å²) in [5.74, 6) is 0.909. The van der Waals surface area contributed by atoms with E-state index in [9.17, 15) is 0 Å². The van der Waals surface area contributed by atoms with Crippen molar-refractivity contribution in [1.82, 2.24) is 0 Å². The molecule has 0 nitrogen and oxygen atoms in total. The zero-order valence-electron chi connectivity index (χ0n) is 38.6. The summed E-state index contributed by atoms with van der Waals surface area (Å²) in [5.41, 5.74) is 0. The van der Waals surface area contributed by atoms with Crippen molar-refractivity contribution in [2.24, 2.45) is 5.92 Å². The fourth-order valence-electron chi connectivity index (χ4n) is 9.63. The van der Waals surface area contributed by atoms with Crippen molar-refractivity contribution >= 4 is 7.26 Å². The zero-order chi connectivity index (χ0) is 38.6. The van der Waals surface area contributed by atoms with E-state index in [1.807, 2.05) is 0 Å². The van der Waals surface area contributed by atoms with Crippen molar-refractivity contribution < 1.29 is 0 Å². The third-order valence-corrected chi connectivity index (χ3v) is 18.9. The molecule has 0 aliphatic heterocycles. The Morgan fingerprint density at radius 1 is 0.226 bits per heavy atom. The van der Waals surface area contributed by atoms with Crippen LogP contribution in [-0.4, -0.2) is 24.6 Å². The Labute approximate surface area is 340 Å². The normalized spacial score (nSPS) is 12.4. The Bertz CT molecular complexity index is 560. The number of hydrogen-bond donors (Lipinski definition) is 0. The van der Waals surface area contributed by atoms with Crippen molar-refractivity contribution in [1.29, 1.82) is 0 Å². The molecule has 0 aromatic heterocycles. The molecule has 0 radical (unpaired) electrons. The van der Waals surface area contributed by atoms with E-state index in [-0.39, 0.29) is 0 Å². The number of rotatable bonds is 47. The van der Waals surface area contributed by atoms with Gasteiger partial charge in [0.1, 0.15) is 0 Å². The summed E-state index contributed by atoms with van der Waals surface area (Å²) < 4.78 is 0. The fourth-order valence-corrected chi connectivity index (χ4v) is 15.7. The van der Waals surface area contributed by atoms with Crippen molar-refractivity contribution in [3.63, 3.8) is 0 Å². The first-order chi connectivity index (χ1) is 26.1. The summed E-state index contributed by atoms with van der Waals surface area (Å²) >= 11 is 0. The molecule has 0 aliphatic rings. The average Bonchev–Trinajstić information content (AvgIpc) is 3.15. The topological polar surface area (TPSA) is 0 Å². The van der Waals surface area contributed by atoms with Crippen molar-refractivity contribution in [3.05, 3.63) is 0 Å². The van der Waals surface area contributed by atoms with Crippen molar-refractivity contribution in [2.75, 3.05) is 24.6 Å². The molecule has 0 fully saturated rings. The van der Waals surface area contributed by atoms with Crippen LogP contribution in [0.1, 0.15) is 304 Å². The van der Waals surface area contributed by atoms with Gasteiger partial charge in [0.05, 0.1) is 0 Å². The first-order valence-corrected chi connectivity index (χ1v) is 28.9. The van der Waals surface area contributed by atoms with Gasteiger partial charge in [-0.05, 0) is 0 Å². The van der Waals surface area contributed by atoms with Gasteiger partial charge in [-0.1, -0.05) is 78.6 Å². The second kappa shape index (κ2) is 45.1. The summed E-state index contributed by atoms with van der Waals surface area (Å²) in [6.07, 6.45) is 69.2. The van der Waals surface area contributed by atoms with Gasteiger partial charge in [-0.2, -0.15) is 0 Å². The predicted octanol–water partition coefficient (Wildman–Crippen LogP) is 19.8. The van der Waals surface area contributed by atoms with Gasteiger partial charge < -0.3 is 0 Å². The summed E-state index contributed by atoms with van der Waals surface area (Å²) in [4.78, 5) is 0. The number of hydrogen-bond acceptors (Lipinski definition) is 0. The van der Waals surface area contributed by atoms with Gasteiger partial charge in [0.25, 0.3) is 0 Å². The van der Waals surface area contributed by atoms with E-state index in [0.717, 1.165) is 5.92 Å². The molecule has 0 rings (SSSR count). The minimum absolute atomic E-state index is 0.909. The standard InChI is InChI=1S/C52H109P/c1-6-9-12-15-18-21-24-27-30-33-36-39-42-45-48-53(51-52(4)5,49-46-43-40-37-34-31-28-25-22-19-16-13-10-7-2)50-47-44-41-38-35-32-29-26-23-20-17-14-11-8-3/h52-53H,6-51H2,1-5H3. The quantitative estimate of drug-likeness (QED) is 0.0428. The first-order valence-electron chi connectivity index (χ1n) is 26.1. The molecular formula is C52H109P. The molecule has 1 heteroatoms. The van der Waals surface area contributed by atoms with Crippen LogP contribution in [-0.2, 0) is 0 Å². The van der Waals surface area contributed by atoms with E-state index in [0.29, 0.717) is 0 Å². The SMILES string of the molecule is CCCCCCCCCCCCCCCC[PH](CCCCCCCCCCCCCCCC)(CCCCCCCCCCCCCCCC)CC(C)C. The van der Waals surface area contributed by atoms with Gasteiger partial charge in [-0.3, -0.25) is 0 Å². The molecule has 0 spiro atoms. The minimum atomic E-state index is -1.17. The van der Waals surface area contributed by atoms with Crippen LogP contribution in [0.15, 0.2) is 0 Å². The second-order valence-electron chi connectivity index (χ2n) is 19.1. The molecule has 0 heterocycles. The van der Waals surface area contributed by atoms with E-state index in [2.05, 4.69) is 34.6 Å². The van der Waals surface area contributed by atoms with E-state index in [1.165, 1.54) is 250 Å². The van der Waals surface area contributed by atoms with E-state index in [4.69, 9.17) is 0 Å². The van der Waals surface area contributed by atoms with Crippen molar-refractivity contribution in [2.45, 2.75) is 304 Å². The molecule has 0 saturated carbocycles. The van der Waals surface area contributed by atoms with Gasteiger partial charge in [0.15, 0.2) is 0 Å². The van der Waals surface area contributed by atoms with Crippen LogP contribution < -0.4 is 0 Å². The van der Waals surface area contributed by atoms with Gasteiger partial charge in [-0.25, -0.2) is 0 Å². The van der Waals surface area contributed by atoms with Crippen LogP contribution in [0.5, 0.6) is 0 Å². The van der Waals surface area contributed by atoms with Crippen LogP contribution in [0.4, 0.5) is 0 Å². The van der Waals surface area contributed by atoms with Gasteiger partial charge >= 0.3 is 264 Å². The van der Waals surface area contributed by atoms with Crippen molar-refractivity contribution in [3.8, 4) is 0 Å². The Kier molecular flexibility index (Phi) is 45.5. The molecule has 0 atom stereocenters. The molecule has 0 aliphatic carbocycles. The molecule has 0 bridgehead atoms. The summed E-state index contributed by atoms with van der Waals surface area (Å²) in [6, 6.07) is 0. The Balaban J connectivity index is 4.44. The average molecular weight is 765 g/mol. The molecule has 53 heavy (non-hydrogen) atoms. The zero-order valence-corrected chi connectivity index (χ0v) is 39.6. The fraction of sp³-hybridized carbons (Fsp3) is 1.00. The maximum absolute atomic E-state index is 2.56. The Morgan fingerprint density at radius 2 is 0.377 bits per heavy atom. The third kappa shape index (κ3) is 41.9. The van der Waals surface area contributed by atoms with Crippen LogP contribution in [0, 0.1) is 5.92 Å². The monoisotopic (exact) mass is 765 g/mol. The molecule has 0 amide bonds. The Morgan fingerprint density at radius 3 is 0.528 bits per heavy atom. The Hall–Kier alpha value is 0.430. The van der Waals surface area contributed by atoms with E-state index >= 15 is 0 Å². The molecule has 0 unspecified atom stereocenters. The van der Waals surface area contributed by atoms with Crippen LogP contribution in [0.25, 0.3) is 0 Å². The van der Waals surface area contributed by atoms with Crippen LogP contribution >= 0.6 is 7.26 Å². The maximum atomic E-state index is 2.56. The predicted molar refractivity (Wildman–Crippen MR) is 254 cm³/mol. The van der Waals surface area contributed by atoms with Crippen LogP contribution in [0.2, 0.25) is 0 Å². The van der Waals surface area contributed by atoms with Gasteiger partial charge in [0.2, 0.25) is 0 Å². The van der Waals surface area contributed by atoms with Gasteiger partial charge in [-0.15, -0.1) is 0 Å². The van der Waals surface area contributed by atoms with E-state index in [1.54, 1.807) is 43.9 Å². The molecule has 0 saturated heterocycles. The molecule has 322 valence electrons.